The van der Waals surface area contributed by atoms with E-state index in [1.165, 1.54) is 11.3 Å². The predicted octanol–water partition coefficient (Wildman–Crippen LogP) is 4.67. The lowest BCUT2D eigenvalue weighted by Crippen LogP contribution is -2.54. The van der Waals surface area contributed by atoms with E-state index in [0.717, 1.165) is 80.3 Å². The van der Waals surface area contributed by atoms with Crippen molar-refractivity contribution in [2.75, 3.05) is 37.2 Å². The molecule has 1 saturated carbocycles. The molecule has 4 amide bonds. The molecule has 35 heavy (non-hydrogen) atoms. The Labute approximate surface area is 217 Å². The summed E-state index contributed by atoms with van der Waals surface area (Å²) in [6.07, 6.45) is 10.6. The van der Waals surface area contributed by atoms with Crippen LogP contribution in [0.1, 0.15) is 71.6 Å². The quantitative estimate of drug-likeness (QED) is 0.527. The summed E-state index contributed by atoms with van der Waals surface area (Å²) in [6, 6.07) is 0.339. The van der Waals surface area contributed by atoms with Crippen LogP contribution >= 0.6 is 23.1 Å². The van der Waals surface area contributed by atoms with Crippen LogP contribution < -0.4 is 5.32 Å². The zero-order valence-electron chi connectivity index (χ0n) is 21.0. The molecule has 1 aliphatic carbocycles. The maximum Gasteiger partial charge on any atom is 0.324 e. The van der Waals surface area contributed by atoms with E-state index < -0.39 is 0 Å². The van der Waals surface area contributed by atoms with Crippen molar-refractivity contribution in [1.82, 2.24) is 19.7 Å². The standard InChI is InChI=1S/C25H39N5O3S2/c1-18-6-8-20(9-7-18)30(21-10-13-28(14-11-21)19(2)31)25(33)27-24-26-17-23(35-24)34-16-15-29-12-4-3-5-22(29)32/h17-18,20-21H,3-16H2,1-2H3,(H,26,27,33). The molecule has 3 fully saturated rings. The van der Waals surface area contributed by atoms with E-state index in [1.54, 1.807) is 18.7 Å². The fourth-order valence-corrected chi connectivity index (χ4v) is 7.41. The van der Waals surface area contributed by atoms with Crippen LogP contribution in [0.4, 0.5) is 9.93 Å². The molecule has 2 saturated heterocycles. The van der Waals surface area contributed by atoms with Gasteiger partial charge >= 0.3 is 6.03 Å². The Balaban J connectivity index is 1.33. The van der Waals surface area contributed by atoms with E-state index in [1.807, 2.05) is 16.0 Å². The van der Waals surface area contributed by atoms with Crippen molar-refractivity contribution in [2.24, 2.45) is 5.92 Å². The second-order valence-corrected chi connectivity index (χ2v) is 12.6. The molecule has 0 atom stereocenters. The molecule has 10 heteroatoms. The number of nitrogens with zero attached hydrogens (tertiary/aromatic N) is 4. The number of likely N-dealkylation sites (tertiary alicyclic amines) is 2. The molecule has 0 radical (unpaired) electrons. The summed E-state index contributed by atoms with van der Waals surface area (Å²) in [5, 5.41) is 3.71. The van der Waals surface area contributed by atoms with Crippen LogP contribution in [0, 0.1) is 5.92 Å². The van der Waals surface area contributed by atoms with E-state index in [9.17, 15) is 14.4 Å². The number of amides is 4. The molecule has 4 rings (SSSR count). The maximum absolute atomic E-state index is 13.5. The van der Waals surface area contributed by atoms with Crippen LogP contribution in [0.5, 0.6) is 0 Å². The normalized spacial score (nSPS) is 23.9. The maximum atomic E-state index is 13.5. The lowest BCUT2D eigenvalue weighted by Gasteiger charge is -2.44. The summed E-state index contributed by atoms with van der Waals surface area (Å²) >= 11 is 3.19. The van der Waals surface area contributed by atoms with Crippen molar-refractivity contribution < 1.29 is 14.4 Å². The monoisotopic (exact) mass is 521 g/mol. The number of hydrogen-bond acceptors (Lipinski definition) is 6. The highest BCUT2D eigenvalue weighted by atomic mass is 32.2. The average Bonchev–Trinajstić information content (AvgIpc) is 3.29. The Kier molecular flexibility index (Phi) is 9.33. The lowest BCUT2D eigenvalue weighted by molar-refractivity contribution is -0.133. The smallest absolute Gasteiger partial charge is 0.324 e. The summed E-state index contributed by atoms with van der Waals surface area (Å²) in [7, 11) is 0. The molecule has 0 aromatic carbocycles. The molecule has 3 aliphatic rings. The van der Waals surface area contributed by atoms with Crippen molar-refractivity contribution in [3.8, 4) is 0 Å². The number of rotatable bonds is 7. The Morgan fingerprint density at radius 1 is 1.11 bits per heavy atom. The minimum atomic E-state index is -0.0596. The number of carbonyl (C=O) groups is 3. The number of anilines is 1. The first kappa shape index (κ1) is 26.3. The van der Waals surface area contributed by atoms with Gasteiger partial charge in [-0.1, -0.05) is 18.3 Å². The third kappa shape index (κ3) is 7.12. The molecule has 0 spiro atoms. The van der Waals surface area contributed by atoms with Crippen LogP contribution in [-0.4, -0.2) is 81.5 Å². The van der Waals surface area contributed by atoms with Gasteiger partial charge in [-0.3, -0.25) is 14.9 Å². The van der Waals surface area contributed by atoms with Gasteiger partial charge in [0.05, 0.1) is 10.4 Å². The summed E-state index contributed by atoms with van der Waals surface area (Å²) in [4.78, 5) is 47.7. The van der Waals surface area contributed by atoms with Crippen molar-refractivity contribution in [2.45, 2.75) is 87.9 Å². The van der Waals surface area contributed by atoms with E-state index in [2.05, 4.69) is 22.1 Å². The molecule has 0 unspecified atom stereocenters. The van der Waals surface area contributed by atoms with Gasteiger partial charge in [0.2, 0.25) is 11.8 Å². The second kappa shape index (κ2) is 12.4. The first-order valence-electron chi connectivity index (χ1n) is 13.1. The van der Waals surface area contributed by atoms with Crippen LogP contribution in [0.2, 0.25) is 0 Å². The number of hydrogen-bond donors (Lipinski definition) is 1. The number of nitrogens with one attached hydrogen (secondary N) is 1. The minimum absolute atomic E-state index is 0.0596. The first-order valence-corrected chi connectivity index (χ1v) is 14.9. The second-order valence-electron chi connectivity index (χ2n) is 10.2. The van der Waals surface area contributed by atoms with Crippen LogP contribution in [0.3, 0.4) is 0 Å². The molecular formula is C25H39N5O3S2. The number of thiazole rings is 1. The number of aromatic nitrogens is 1. The van der Waals surface area contributed by atoms with Crippen molar-refractivity contribution in [1.29, 1.82) is 0 Å². The Hall–Kier alpha value is -1.81. The Morgan fingerprint density at radius 3 is 2.51 bits per heavy atom. The third-order valence-corrected chi connectivity index (χ3v) is 9.73. The summed E-state index contributed by atoms with van der Waals surface area (Å²) in [6.45, 7) is 6.97. The minimum Gasteiger partial charge on any atom is -0.343 e. The molecule has 2 aliphatic heterocycles. The van der Waals surface area contributed by atoms with E-state index >= 15 is 0 Å². The largest absolute Gasteiger partial charge is 0.343 e. The summed E-state index contributed by atoms with van der Waals surface area (Å²) < 4.78 is 1.05. The van der Waals surface area contributed by atoms with Gasteiger partial charge in [0.25, 0.3) is 0 Å². The molecule has 8 nitrogen and oxygen atoms in total. The highest BCUT2D eigenvalue weighted by Gasteiger charge is 2.35. The van der Waals surface area contributed by atoms with Gasteiger partial charge in [-0.05, 0) is 57.3 Å². The first-order chi connectivity index (χ1) is 16.9. The van der Waals surface area contributed by atoms with Gasteiger partial charge in [0, 0.05) is 57.4 Å². The van der Waals surface area contributed by atoms with Gasteiger partial charge < -0.3 is 14.7 Å². The van der Waals surface area contributed by atoms with Crippen molar-refractivity contribution in [3.63, 3.8) is 0 Å². The number of thioether (sulfide) groups is 1. The Bertz CT molecular complexity index is 878. The Morgan fingerprint density at radius 2 is 1.83 bits per heavy atom. The zero-order valence-corrected chi connectivity index (χ0v) is 22.7. The molecule has 1 aromatic rings. The lowest BCUT2D eigenvalue weighted by atomic mass is 9.85. The fourth-order valence-electron chi connectivity index (χ4n) is 5.50. The topological polar surface area (TPSA) is 85.8 Å². The average molecular weight is 522 g/mol. The van der Waals surface area contributed by atoms with Gasteiger partial charge in [-0.15, -0.1) is 11.8 Å². The fraction of sp³-hybridized carbons (Fsp3) is 0.760. The van der Waals surface area contributed by atoms with Gasteiger partial charge in [0.15, 0.2) is 5.13 Å². The molecule has 3 heterocycles. The molecule has 1 aromatic heterocycles. The highest BCUT2D eigenvalue weighted by Crippen LogP contribution is 2.33. The van der Waals surface area contributed by atoms with Gasteiger partial charge in [-0.25, -0.2) is 9.78 Å². The van der Waals surface area contributed by atoms with Crippen molar-refractivity contribution >= 4 is 46.1 Å². The molecular weight excluding hydrogens is 482 g/mol. The van der Waals surface area contributed by atoms with Crippen LogP contribution in [-0.2, 0) is 9.59 Å². The van der Waals surface area contributed by atoms with Gasteiger partial charge in [0.1, 0.15) is 0 Å². The third-order valence-electron chi connectivity index (χ3n) is 7.64. The van der Waals surface area contributed by atoms with E-state index in [-0.39, 0.29) is 29.9 Å². The molecule has 0 bridgehead atoms. The number of urea groups is 1. The summed E-state index contributed by atoms with van der Waals surface area (Å²) in [5.74, 6) is 1.93. The predicted molar refractivity (Wildman–Crippen MR) is 141 cm³/mol. The number of carbonyl (C=O) groups excluding carboxylic acids is 3. The van der Waals surface area contributed by atoms with Crippen LogP contribution in [0.25, 0.3) is 0 Å². The zero-order chi connectivity index (χ0) is 24.8. The van der Waals surface area contributed by atoms with Gasteiger partial charge in [-0.2, -0.15) is 0 Å². The van der Waals surface area contributed by atoms with Crippen LogP contribution in [0.15, 0.2) is 10.4 Å². The summed E-state index contributed by atoms with van der Waals surface area (Å²) in [5.41, 5.74) is 0. The highest BCUT2D eigenvalue weighted by molar-refractivity contribution is 8.01. The molecule has 194 valence electrons. The SMILES string of the molecule is CC(=O)N1CCC(N(C(=O)Nc2ncc(SCCN3CCCCC3=O)s2)C2CCC(C)CC2)CC1. The number of piperidine rings is 2. The van der Waals surface area contributed by atoms with Crippen molar-refractivity contribution in [3.05, 3.63) is 6.20 Å². The van der Waals surface area contributed by atoms with E-state index in [0.29, 0.717) is 24.6 Å². The van der Waals surface area contributed by atoms with E-state index in [4.69, 9.17) is 0 Å². The molecule has 1 N–H and O–H groups in total.